The summed E-state index contributed by atoms with van der Waals surface area (Å²) in [5.74, 6) is 1.80. The van der Waals surface area contributed by atoms with Crippen LogP contribution in [0.25, 0.3) is 0 Å². The van der Waals surface area contributed by atoms with Crippen LogP contribution < -0.4 is 10.6 Å². The van der Waals surface area contributed by atoms with E-state index in [2.05, 4.69) is 85.0 Å². The van der Waals surface area contributed by atoms with Gasteiger partial charge >= 0.3 is 0 Å². The zero-order valence-electron chi connectivity index (χ0n) is 18.7. The van der Waals surface area contributed by atoms with Crippen LogP contribution in [0.4, 0.5) is 11.4 Å². The highest BCUT2D eigenvalue weighted by Gasteiger charge is 2.19. The van der Waals surface area contributed by atoms with E-state index in [-0.39, 0.29) is 0 Å². The predicted octanol–water partition coefficient (Wildman–Crippen LogP) is 3.62. The number of aliphatic imine (C=N–C) groups is 2. The van der Waals surface area contributed by atoms with E-state index < -0.39 is 0 Å². The Balaban J connectivity index is 1.91. The number of amidine groups is 2. The molecular weight excluding hydrogens is 372 g/mol. The monoisotopic (exact) mass is 406 g/mol. The van der Waals surface area contributed by atoms with Gasteiger partial charge in [0, 0.05) is 24.2 Å². The van der Waals surface area contributed by atoms with Gasteiger partial charge in [-0.3, -0.25) is 9.98 Å². The lowest BCUT2D eigenvalue weighted by Gasteiger charge is -2.23. The van der Waals surface area contributed by atoms with Gasteiger partial charge in [0.2, 0.25) is 0 Å². The molecule has 0 aliphatic carbocycles. The molecule has 160 valence electrons. The first-order valence-electron chi connectivity index (χ1n) is 10.7. The molecule has 2 aromatic rings. The number of nitrogens with one attached hydrogen (secondary N) is 2. The third-order valence-corrected chi connectivity index (χ3v) is 4.94. The third kappa shape index (κ3) is 6.15. The van der Waals surface area contributed by atoms with Gasteiger partial charge in [0.05, 0.1) is 11.4 Å². The van der Waals surface area contributed by atoms with E-state index in [1.807, 2.05) is 12.1 Å². The first-order valence-corrected chi connectivity index (χ1v) is 10.7. The van der Waals surface area contributed by atoms with Crippen LogP contribution in [0.1, 0.15) is 24.0 Å². The zero-order valence-corrected chi connectivity index (χ0v) is 18.7. The summed E-state index contributed by atoms with van der Waals surface area (Å²) in [6.45, 7) is 3.61. The molecule has 3 rings (SSSR count). The number of fused-ring (bicyclic) bond motifs is 2. The van der Waals surface area contributed by atoms with Crippen molar-refractivity contribution in [3.05, 3.63) is 59.7 Å². The fourth-order valence-corrected chi connectivity index (χ4v) is 3.39. The van der Waals surface area contributed by atoms with E-state index >= 15 is 0 Å². The molecule has 6 heteroatoms. The van der Waals surface area contributed by atoms with E-state index in [1.54, 1.807) is 0 Å². The Morgan fingerprint density at radius 1 is 0.633 bits per heavy atom. The highest BCUT2D eigenvalue weighted by atomic mass is 15.1. The van der Waals surface area contributed by atoms with Gasteiger partial charge in [0.15, 0.2) is 0 Å². The van der Waals surface area contributed by atoms with E-state index in [9.17, 15) is 0 Å². The van der Waals surface area contributed by atoms with Gasteiger partial charge in [-0.15, -0.1) is 0 Å². The number of nitrogens with zero attached hydrogens (tertiary/aromatic N) is 4. The van der Waals surface area contributed by atoms with Gasteiger partial charge in [0.1, 0.15) is 11.7 Å². The van der Waals surface area contributed by atoms with Crippen LogP contribution >= 0.6 is 0 Å². The minimum absolute atomic E-state index is 0.780. The predicted molar refractivity (Wildman–Crippen MR) is 129 cm³/mol. The molecule has 0 saturated heterocycles. The van der Waals surface area contributed by atoms with Crippen LogP contribution in [0.3, 0.4) is 0 Å². The van der Waals surface area contributed by atoms with Gasteiger partial charge in [0.25, 0.3) is 0 Å². The third-order valence-electron chi connectivity index (χ3n) is 4.94. The summed E-state index contributed by atoms with van der Waals surface area (Å²) in [4.78, 5) is 14.2. The largest absolute Gasteiger partial charge is 0.339 e. The minimum Gasteiger partial charge on any atom is -0.339 e. The Kier molecular flexibility index (Phi) is 7.99. The highest BCUT2D eigenvalue weighted by molar-refractivity contribution is 6.21. The molecule has 0 spiro atoms. The number of para-hydroxylation sites is 2. The topological polar surface area (TPSA) is 55.3 Å². The summed E-state index contributed by atoms with van der Waals surface area (Å²) in [7, 11) is 8.37. The first kappa shape index (κ1) is 22.0. The van der Waals surface area contributed by atoms with Crippen molar-refractivity contribution in [1.82, 2.24) is 9.80 Å². The van der Waals surface area contributed by atoms with Crippen molar-refractivity contribution in [2.24, 2.45) is 9.98 Å². The summed E-state index contributed by atoms with van der Waals surface area (Å²) in [6.07, 6.45) is 2.04. The van der Waals surface area contributed by atoms with Crippen molar-refractivity contribution >= 4 is 23.0 Å². The van der Waals surface area contributed by atoms with Crippen LogP contribution in [-0.4, -0.2) is 75.8 Å². The van der Waals surface area contributed by atoms with Crippen molar-refractivity contribution < 1.29 is 0 Å². The smallest absolute Gasteiger partial charge is 0.134 e. The quantitative estimate of drug-likeness (QED) is 0.658. The van der Waals surface area contributed by atoms with Crippen LogP contribution in [0.5, 0.6) is 0 Å². The minimum atomic E-state index is 0.780. The van der Waals surface area contributed by atoms with Gasteiger partial charge in [-0.05, 0) is 78.4 Å². The number of hydrogen-bond donors (Lipinski definition) is 2. The Morgan fingerprint density at radius 3 is 1.43 bits per heavy atom. The Morgan fingerprint density at radius 2 is 1.03 bits per heavy atom. The molecule has 0 aromatic heterocycles. The maximum atomic E-state index is 4.91. The number of benzene rings is 2. The molecule has 30 heavy (non-hydrogen) atoms. The van der Waals surface area contributed by atoms with Gasteiger partial charge in [-0.25, -0.2) is 0 Å². The molecule has 0 fully saturated rings. The lowest BCUT2D eigenvalue weighted by Crippen LogP contribution is -2.26. The molecule has 2 N–H and O–H groups in total. The highest BCUT2D eigenvalue weighted by Crippen LogP contribution is 2.25. The molecule has 0 radical (unpaired) electrons. The van der Waals surface area contributed by atoms with Crippen molar-refractivity contribution in [2.45, 2.75) is 12.8 Å². The normalized spacial score (nSPS) is 16.1. The van der Waals surface area contributed by atoms with Crippen molar-refractivity contribution in [2.75, 3.05) is 65.0 Å². The van der Waals surface area contributed by atoms with E-state index in [0.29, 0.717) is 0 Å². The average molecular weight is 407 g/mol. The summed E-state index contributed by atoms with van der Waals surface area (Å²) in [6, 6.07) is 16.6. The van der Waals surface area contributed by atoms with E-state index in [1.165, 1.54) is 0 Å². The second-order valence-electron chi connectivity index (χ2n) is 8.12. The fourth-order valence-electron chi connectivity index (χ4n) is 3.39. The Bertz CT molecular complexity index is 811. The maximum Gasteiger partial charge on any atom is 0.134 e. The van der Waals surface area contributed by atoms with Crippen molar-refractivity contribution in [3.8, 4) is 0 Å². The average Bonchev–Trinajstić information content (AvgIpc) is 2.72. The molecule has 1 heterocycles. The number of rotatable bonds is 8. The second kappa shape index (κ2) is 10.9. The lowest BCUT2D eigenvalue weighted by molar-refractivity contribution is 0.403. The standard InChI is InChI=1S/C24H34N6/c1-29(2)17-9-15-25-23-19-11-5-7-13-21(19)28-24(26-16-10-18-30(3)4)20-12-6-8-14-22(20)27-23/h5-8,11-14H,9-10,15-18H2,1-4H3,(H,25,27)(H,26,28). The number of hydrogen-bond acceptors (Lipinski definition) is 4. The molecule has 2 aromatic carbocycles. The van der Waals surface area contributed by atoms with Crippen LogP contribution in [0, 0.1) is 0 Å². The van der Waals surface area contributed by atoms with Gasteiger partial charge in [-0.2, -0.15) is 0 Å². The van der Waals surface area contributed by atoms with E-state index in [0.717, 1.165) is 73.2 Å². The van der Waals surface area contributed by atoms with Gasteiger partial charge < -0.3 is 20.4 Å². The maximum absolute atomic E-state index is 4.91. The molecular formula is C24H34N6. The molecule has 1 aliphatic heterocycles. The Hall–Kier alpha value is -2.70. The molecule has 6 nitrogen and oxygen atoms in total. The van der Waals surface area contributed by atoms with Crippen LogP contribution in [-0.2, 0) is 0 Å². The van der Waals surface area contributed by atoms with E-state index in [4.69, 9.17) is 9.98 Å². The lowest BCUT2D eigenvalue weighted by atomic mass is 10.1. The second-order valence-corrected chi connectivity index (χ2v) is 8.12. The van der Waals surface area contributed by atoms with Crippen LogP contribution in [0.15, 0.2) is 58.5 Å². The summed E-state index contributed by atoms with van der Waals surface area (Å²) >= 11 is 0. The molecule has 0 saturated carbocycles. The van der Waals surface area contributed by atoms with Gasteiger partial charge in [-0.1, -0.05) is 24.3 Å². The zero-order chi connectivity index (χ0) is 21.3. The molecule has 0 amide bonds. The summed E-state index contributed by atoms with van der Waals surface area (Å²) in [5, 5.41) is 7.18. The fraction of sp³-hybridized carbons (Fsp3) is 0.417. The summed E-state index contributed by atoms with van der Waals surface area (Å²) < 4.78 is 0. The molecule has 0 atom stereocenters. The molecule has 0 bridgehead atoms. The summed E-state index contributed by atoms with van der Waals surface area (Å²) in [5.41, 5.74) is 4.19. The SMILES string of the molecule is CN(C)CCCN=C1Nc2ccccc2C(=NCCCN(C)C)Nc2ccccc21. The first-order chi connectivity index (χ1) is 14.5. The molecule has 0 unspecified atom stereocenters. The van der Waals surface area contributed by atoms with Crippen LogP contribution in [0.2, 0.25) is 0 Å². The molecule has 1 aliphatic rings. The van der Waals surface area contributed by atoms with Crippen molar-refractivity contribution in [1.29, 1.82) is 0 Å². The van der Waals surface area contributed by atoms with Crippen molar-refractivity contribution in [3.63, 3.8) is 0 Å². The number of anilines is 2. The Labute approximate surface area is 180 Å².